The highest BCUT2D eigenvalue weighted by Gasteiger charge is 2.20. The monoisotopic (exact) mass is 296 g/mol. The molecule has 8 heteroatoms. The average Bonchev–Trinajstić information content (AvgIpc) is 2.53. The van der Waals surface area contributed by atoms with Crippen LogP contribution in [0.1, 0.15) is 12.1 Å². The summed E-state index contributed by atoms with van der Waals surface area (Å²) in [5.41, 5.74) is 5.27. The van der Waals surface area contributed by atoms with Crippen molar-refractivity contribution in [2.75, 3.05) is 5.73 Å². The third-order valence-electron chi connectivity index (χ3n) is 1.81. The Hall–Kier alpha value is -0.950. The molecule has 0 saturated carbocycles. The van der Waals surface area contributed by atoms with Crippen LogP contribution < -0.4 is 5.73 Å². The van der Waals surface area contributed by atoms with Crippen molar-refractivity contribution in [2.24, 2.45) is 0 Å². The number of halogens is 4. The quantitative estimate of drug-likeness (QED) is 0.880. The first kappa shape index (κ1) is 10.6. The molecule has 0 aromatic carbocycles. The Morgan fingerprint density at radius 3 is 2.80 bits per heavy atom. The van der Waals surface area contributed by atoms with E-state index in [-0.39, 0.29) is 21.0 Å². The number of hydrogen-bond acceptors (Lipinski definition) is 3. The molecule has 15 heavy (non-hydrogen) atoms. The van der Waals surface area contributed by atoms with Gasteiger partial charge in [-0.1, -0.05) is 11.6 Å². The molecule has 0 aliphatic carbocycles. The number of nitrogen functional groups attached to an aromatic ring is 1. The van der Waals surface area contributed by atoms with Crippen LogP contribution in [0.15, 0.2) is 10.7 Å². The lowest BCUT2D eigenvalue weighted by Crippen LogP contribution is -2.05. The molecule has 2 aromatic heterocycles. The van der Waals surface area contributed by atoms with Crippen LogP contribution in [0.4, 0.5) is 14.6 Å². The van der Waals surface area contributed by atoms with Gasteiger partial charge in [0.25, 0.3) is 6.43 Å². The molecule has 4 nitrogen and oxygen atoms in total. The first-order chi connectivity index (χ1) is 7.02. The minimum absolute atomic E-state index is 0.0322. The van der Waals surface area contributed by atoms with Crippen LogP contribution in [0.2, 0.25) is 5.02 Å². The van der Waals surface area contributed by atoms with Crippen molar-refractivity contribution in [2.45, 2.75) is 6.43 Å². The molecule has 0 radical (unpaired) electrons. The van der Waals surface area contributed by atoms with Gasteiger partial charge in [0.1, 0.15) is 16.5 Å². The van der Waals surface area contributed by atoms with E-state index in [0.717, 1.165) is 0 Å². The van der Waals surface area contributed by atoms with Crippen molar-refractivity contribution in [1.82, 2.24) is 14.6 Å². The number of hydrogen-bond donors (Lipinski definition) is 1. The van der Waals surface area contributed by atoms with Crippen molar-refractivity contribution in [3.05, 3.63) is 21.4 Å². The molecule has 0 bridgehead atoms. The van der Waals surface area contributed by atoms with Crippen molar-refractivity contribution >= 4 is 39.0 Å². The van der Waals surface area contributed by atoms with E-state index in [0.29, 0.717) is 0 Å². The van der Waals surface area contributed by atoms with E-state index < -0.39 is 12.1 Å². The van der Waals surface area contributed by atoms with Crippen LogP contribution in [0, 0.1) is 0 Å². The van der Waals surface area contributed by atoms with Gasteiger partial charge in [-0.15, -0.1) is 0 Å². The van der Waals surface area contributed by atoms with Crippen molar-refractivity contribution in [3.63, 3.8) is 0 Å². The van der Waals surface area contributed by atoms with Crippen LogP contribution >= 0.6 is 27.5 Å². The molecule has 2 N–H and O–H groups in total. The SMILES string of the molecule is Nc1c(Br)c(C(F)F)nc2c(Cl)cnn12. The van der Waals surface area contributed by atoms with E-state index in [2.05, 4.69) is 26.0 Å². The van der Waals surface area contributed by atoms with Crippen LogP contribution in [-0.2, 0) is 0 Å². The van der Waals surface area contributed by atoms with Crippen molar-refractivity contribution in [3.8, 4) is 0 Å². The second-order valence-electron chi connectivity index (χ2n) is 2.72. The van der Waals surface area contributed by atoms with Crippen LogP contribution in [0.25, 0.3) is 5.65 Å². The minimum atomic E-state index is -2.72. The van der Waals surface area contributed by atoms with Gasteiger partial charge in [-0.25, -0.2) is 13.8 Å². The van der Waals surface area contributed by atoms with E-state index in [4.69, 9.17) is 17.3 Å². The molecular weight excluding hydrogens is 293 g/mol. The molecule has 0 aliphatic heterocycles. The fraction of sp³-hybridized carbons (Fsp3) is 0.143. The summed E-state index contributed by atoms with van der Waals surface area (Å²) in [6.45, 7) is 0. The lowest BCUT2D eigenvalue weighted by Gasteiger charge is -2.07. The Morgan fingerprint density at radius 2 is 2.20 bits per heavy atom. The summed E-state index contributed by atoms with van der Waals surface area (Å²) < 4.78 is 26.3. The molecule has 0 saturated heterocycles. The van der Waals surface area contributed by atoms with Crippen molar-refractivity contribution in [1.29, 1.82) is 0 Å². The zero-order valence-corrected chi connectivity index (χ0v) is 9.43. The number of alkyl halides is 2. The summed E-state index contributed by atoms with van der Waals surface area (Å²) in [5.74, 6) is 0.0437. The second-order valence-corrected chi connectivity index (χ2v) is 3.93. The van der Waals surface area contributed by atoms with E-state index in [1.54, 1.807) is 0 Å². The summed E-state index contributed by atoms with van der Waals surface area (Å²) in [7, 11) is 0. The van der Waals surface area contributed by atoms with Gasteiger partial charge in [0.2, 0.25) is 0 Å². The molecule has 0 spiro atoms. The fourth-order valence-corrected chi connectivity index (χ4v) is 1.73. The Morgan fingerprint density at radius 1 is 1.53 bits per heavy atom. The maximum atomic E-state index is 12.6. The molecule has 0 fully saturated rings. The molecule has 2 heterocycles. The Balaban J connectivity index is 2.85. The highest BCUT2D eigenvalue weighted by atomic mass is 79.9. The third-order valence-corrected chi connectivity index (χ3v) is 2.89. The largest absolute Gasteiger partial charge is 0.383 e. The number of nitrogens with zero attached hydrogens (tertiary/aromatic N) is 3. The summed E-state index contributed by atoms with van der Waals surface area (Å²) >= 11 is 8.65. The summed E-state index contributed by atoms with van der Waals surface area (Å²) in [6, 6.07) is 0. The molecule has 0 aliphatic rings. The third kappa shape index (κ3) is 1.55. The maximum Gasteiger partial charge on any atom is 0.281 e. The van der Waals surface area contributed by atoms with Crippen LogP contribution in [0.3, 0.4) is 0 Å². The minimum Gasteiger partial charge on any atom is -0.383 e. The van der Waals surface area contributed by atoms with Crippen LogP contribution in [0.5, 0.6) is 0 Å². The van der Waals surface area contributed by atoms with Gasteiger partial charge < -0.3 is 5.73 Å². The lowest BCUT2D eigenvalue weighted by atomic mass is 10.4. The molecular formula is C7H4BrClF2N4. The summed E-state index contributed by atoms with van der Waals surface area (Å²) in [5, 5.41) is 3.98. The molecule has 0 unspecified atom stereocenters. The van der Waals surface area contributed by atoms with Crippen LogP contribution in [-0.4, -0.2) is 14.6 Å². The standard InChI is InChI=1S/C7H4BrClF2N4/c8-3-4(5(10)11)14-7-2(9)1-13-15(7)6(3)12/h1,5H,12H2. The van der Waals surface area contributed by atoms with E-state index in [1.807, 2.05) is 0 Å². The van der Waals surface area contributed by atoms with E-state index >= 15 is 0 Å². The molecule has 0 atom stereocenters. The van der Waals surface area contributed by atoms with Crippen molar-refractivity contribution < 1.29 is 8.78 Å². The van der Waals surface area contributed by atoms with E-state index in [1.165, 1.54) is 10.7 Å². The lowest BCUT2D eigenvalue weighted by molar-refractivity contribution is 0.145. The van der Waals surface area contributed by atoms with Gasteiger partial charge in [0.15, 0.2) is 5.65 Å². The zero-order valence-electron chi connectivity index (χ0n) is 7.09. The normalized spacial score (nSPS) is 11.5. The number of aromatic nitrogens is 3. The average molecular weight is 297 g/mol. The predicted octanol–water partition coefficient (Wildman–Crippen LogP) is 2.67. The van der Waals surface area contributed by atoms with E-state index in [9.17, 15) is 8.78 Å². The molecule has 0 amide bonds. The van der Waals surface area contributed by atoms with Gasteiger partial charge in [0, 0.05) is 0 Å². The second kappa shape index (κ2) is 3.57. The van der Waals surface area contributed by atoms with Gasteiger partial charge in [-0.3, -0.25) is 0 Å². The number of nitrogens with two attached hydrogens (primary N) is 1. The Kier molecular flexibility index (Phi) is 2.51. The molecule has 2 rings (SSSR count). The number of anilines is 1. The number of fused-ring (bicyclic) bond motifs is 1. The fourth-order valence-electron chi connectivity index (χ4n) is 1.13. The summed E-state index contributed by atoms with van der Waals surface area (Å²) in [4.78, 5) is 3.69. The highest BCUT2D eigenvalue weighted by Crippen LogP contribution is 2.32. The van der Waals surface area contributed by atoms with Gasteiger partial charge in [-0.05, 0) is 15.9 Å². The highest BCUT2D eigenvalue weighted by molar-refractivity contribution is 9.10. The van der Waals surface area contributed by atoms with Gasteiger partial charge in [-0.2, -0.15) is 9.61 Å². The smallest absolute Gasteiger partial charge is 0.281 e. The summed E-state index contributed by atoms with van der Waals surface area (Å²) in [6.07, 6.45) is -1.43. The topological polar surface area (TPSA) is 56.2 Å². The Labute approximate surface area is 96.2 Å². The Bertz CT molecular complexity index is 527. The zero-order chi connectivity index (χ0) is 11.2. The van der Waals surface area contributed by atoms with Gasteiger partial charge >= 0.3 is 0 Å². The van der Waals surface area contributed by atoms with Gasteiger partial charge in [0.05, 0.1) is 10.7 Å². The first-order valence-corrected chi connectivity index (χ1v) is 4.95. The predicted molar refractivity (Wildman–Crippen MR) is 55.1 cm³/mol. The molecule has 80 valence electrons. The maximum absolute atomic E-state index is 12.6. The molecule has 2 aromatic rings. The first-order valence-electron chi connectivity index (χ1n) is 3.78. The number of rotatable bonds is 1.